The maximum Gasteiger partial charge on any atom is 0.0540 e. The molecule has 12 heavy (non-hydrogen) atoms. The van der Waals surface area contributed by atoms with Crippen LogP contribution in [0, 0.1) is 0 Å². The largest absolute Gasteiger partial charge is 0.871 e. The van der Waals surface area contributed by atoms with E-state index in [-0.39, 0.29) is 5.76 Å². The van der Waals surface area contributed by atoms with E-state index < -0.39 is 0 Å². The molecule has 0 aromatic rings. The van der Waals surface area contributed by atoms with Crippen molar-refractivity contribution < 1.29 is 5.11 Å². The molecule has 0 spiro atoms. The zero-order valence-electron chi connectivity index (χ0n) is 7.21. The minimum Gasteiger partial charge on any atom is -0.871 e. The maximum absolute atomic E-state index is 11.2. The molecule has 0 aromatic carbocycles. The molecule has 0 saturated carbocycles. The Bertz CT molecular complexity index is 272. The van der Waals surface area contributed by atoms with Gasteiger partial charge >= 0.3 is 0 Å². The highest BCUT2D eigenvalue weighted by Crippen LogP contribution is 2.16. The van der Waals surface area contributed by atoms with Gasteiger partial charge in [0, 0.05) is 0 Å². The van der Waals surface area contributed by atoms with Crippen LogP contribution in [0.2, 0.25) is 0 Å². The first-order valence-electron chi connectivity index (χ1n) is 4.02. The predicted octanol–water partition coefficient (Wildman–Crippen LogP) is 1.56. The fourth-order valence-corrected chi connectivity index (χ4v) is 1.07. The van der Waals surface area contributed by atoms with Crippen LogP contribution in [-0.2, 0) is 0 Å². The summed E-state index contributed by atoms with van der Waals surface area (Å²) in [6.07, 6.45) is 7.06. The summed E-state index contributed by atoms with van der Waals surface area (Å²) in [5.74, 6) is -0.0234. The van der Waals surface area contributed by atoms with E-state index in [2.05, 4.69) is 18.6 Å². The molecule has 0 aliphatic heterocycles. The Morgan fingerprint density at radius 2 is 2.33 bits per heavy atom. The Labute approximate surface area is 72.6 Å². The molecule has 0 fully saturated rings. The summed E-state index contributed by atoms with van der Waals surface area (Å²) in [6, 6.07) is 0. The lowest BCUT2D eigenvalue weighted by Gasteiger charge is -2.09. The highest BCUT2D eigenvalue weighted by atomic mass is 16.3. The van der Waals surface area contributed by atoms with Crippen molar-refractivity contribution in [3.05, 3.63) is 35.3 Å². The summed E-state index contributed by atoms with van der Waals surface area (Å²) < 4.78 is 0. The van der Waals surface area contributed by atoms with Crippen LogP contribution in [0.4, 0.5) is 0 Å². The van der Waals surface area contributed by atoms with Crippen molar-refractivity contribution in [3.8, 4) is 0 Å². The minimum absolute atomic E-state index is 0.0234. The first kappa shape index (κ1) is 8.78. The molecule has 0 unspecified atom stereocenters. The molecule has 1 aliphatic rings. The first-order chi connectivity index (χ1) is 5.77. The van der Waals surface area contributed by atoms with Gasteiger partial charge in [0.1, 0.15) is 0 Å². The van der Waals surface area contributed by atoms with Gasteiger partial charge in [-0.1, -0.05) is 30.4 Å². The molecule has 0 radical (unpaired) electrons. The third-order valence-electron chi connectivity index (χ3n) is 1.90. The average molecular weight is 162 g/mol. The van der Waals surface area contributed by atoms with Gasteiger partial charge in [-0.2, -0.15) is 0 Å². The second kappa shape index (κ2) is 3.90. The molecule has 2 heteroatoms. The number of hydrogen-bond donors (Lipinski definition) is 0. The topological polar surface area (TPSA) is 35.4 Å². The quantitative estimate of drug-likeness (QED) is 0.567. The van der Waals surface area contributed by atoms with Gasteiger partial charge in [-0.05, 0) is 25.6 Å². The molecule has 1 rings (SSSR count). The van der Waals surface area contributed by atoms with Crippen molar-refractivity contribution in [2.45, 2.75) is 19.8 Å². The van der Waals surface area contributed by atoms with Crippen molar-refractivity contribution in [3.63, 3.8) is 0 Å². The third-order valence-corrected chi connectivity index (χ3v) is 1.90. The lowest BCUT2D eigenvalue weighted by molar-refractivity contribution is -0.297. The van der Waals surface area contributed by atoms with E-state index in [1.807, 2.05) is 6.08 Å². The molecule has 0 saturated heterocycles. The minimum atomic E-state index is -0.0234. The third kappa shape index (κ3) is 1.84. The highest BCUT2D eigenvalue weighted by Gasteiger charge is 1.97. The molecule has 2 nitrogen and oxygen atoms in total. The fraction of sp³-hybridized carbons (Fsp3) is 0.300. The summed E-state index contributed by atoms with van der Waals surface area (Å²) >= 11 is 0. The second-order valence-corrected chi connectivity index (χ2v) is 2.66. The van der Waals surface area contributed by atoms with E-state index in [4.69, 9.17) is 0 Å². The zero-order chi connectivity index (χ0) is 8.97. The Morgan fingerprint density at radius 1 is 1.58 bits per heavy atom. The van der Waals surface area contributed by atoms with E-state index in [0.717, 1.165) is 12.8 Å². The van der Waals surface area contributed by atoms with Crippen LogP contribution in [0.15, 0.2) is 40.2 Å². The molecule has 0 N–H and O–H groups in total. The van der Waals surface area contributed by atoms with E-state index in [9.17, 15) is 5.11 Å². The lowest BCUT2D eigenvalue weighted by atomic mass is 10.1. The van der Waals surface area contributed by atoms with Gasteiger partial charge in [-0.25, -0.2) is 0 Å². The van der Waals surface area contributed by atoms with Crippen molar-refractivity contribution >= 4 is 6.72 Å². The monoisotopic (exact) mass is 162 g/mol. The van der Waals surface area contributed by atoms with Crippen LogP contribution in [0.1, 0.15) is 19.8 Å². The normalized spacial score (nSPS) is 17.2. The Kier molecular flexibility index (Phi) is 2.86. The molecule has 0 bridgehead atoms. The van der Waals surface area contributed by atoms with Crippen molar-refractivity contribution in [1.82, 2.24) is 0 Å². The van der Waals surface area contributed by atoms with Gasteiger partial charge in [-0.15, -0.1) is 0 Å². The van der Waals surface area contributed by atoms with Crippen LogP contribution in [0.5, 0.6) is 0 Å². The van der Waals surface area contributed by atoms with E-state index in [1.54, 1.807) is 12.2 Å². The number of aliphatic imine (C=N–C) groups is 1. The van der Waals surface area contributed by atoms with Crippen LogP contribution in [-0.4, -0.2) is 6.72 Å². The standard InChI is InChI=1S/C10H13NO/c1-3-8-4-6-9(11-2)10(12)7-5-8/h4,6-7,12H,2-3,5H2,1H3/p-1. The maximum atomic E-state index is 11.2. The van der Waals surface area contributed by atoms with Gasteiger partial charge in [-0.3, -0.25) is 4.99 Å². The lowest BCUT2D eigenvalue weighted by Crippen LogP contribution is -2.04. The molecule has 0 atom stereocenters. The average Bonchev–Trinajstić information content (AvgIpc) is 2.27. The van der Waals surface area contributed by atoms with Gasteiger partial charge < -0.3 is 5.11 Å². The molecule has 1 aliphatic carbocycles. The molecular formula is C10H12NO-. The summed E-state index contributed by atoms with van der Waals surface area (Å²) in [4.78, 5) is 3.64. The molecule has 64 valence electrons. The van der Waals surface area contributed by atoms with Gasteiger partial charge in [0.2, 0.25) is 0 Å². The summed E-state index contributed by atoms with van der Waals surface area (Å²) in [5.41, 5.74) is 1.69. The summed E-state index contributed by atoms with van der Waals surface area (Å²) in [6.45, 7) is 5.41. The van der Waals surface area contributed by atoms with E-state index >= 15 is 0 Å². The fourth-order valence-electron chi connectivity index (χ4n) is 1.07. The molecular weight excluding hydrogens is 150 g/mol. The van der Waals surface area contributed by atoms with Crippen LogP contribution >= 0.6 is 0 Å². The van der Waals surface area contributed by atoms with Crippen molar-refractivity contribution in [2.75, 3.05) is 0 Å². The van der Waals surface area contributed by atoms with Crippen LogP contribution in [0.3, 0.4) is 0 Å². The second-order valence-electron chi connectivity index (χ2n) is 2.66. The van der Waals surface area contributed by atoms with Gasteiger partial charge in [0.15, 0.2) is 0 Å². The number of rotatable bonds is 2. The van der Waals surface area contributed by atoms with E-state index in [1.165, 1.54) is 5.57 Å². The molecule has 0 amide bonds. The predicted molar refractivity (Wildman–Crippen MR) is 48.7 cm³/mol. The summed E-state index contributed by atoms with van der Waals surface area (Å²) in [5, 5.41) is 11.2. The number of hydrogen-bond acceptors (Lipinski definition) is 2. The van der Waals surface area contributed by atoms with Crippen molar-refractivity contribution in [2.24, 2.45) is 4.99 Å². The van der Waals surface area contributed by atoms with Gasteiger partial charge in [0.25, 0.3) is 0 Å². The van der Waals surface area contributed by atoms with Crippen molar-refractivity contribution in [1.29, 1.82) is 0 Å². The Morgan fingerprint density at radius 3 is 2.92 bits per heavy atom. The van der Waals surface area contributed by atoms with Gasteiger partial charge in [0.05, 0.1) is 5.70 Å². The van der Waals surface area contributed by atoms with Crippen LogP contribution in [0.25, 0.3) is 0 Å². The van der Waals surface area contributed by atoms with E-state index in [0.29, 0.717) is 5.70 Å². The Balaban J connectivity index is 2.93. The number of allylic oxidation sites excluding steroid dienone is 4. The summed E-state index contributed by atoms with van der Waals surface area (Å²) in [7, 11) is 0. The van der Waals surface area contributed by atoms with Crippen LogP contribution < -0.4 is 5.11 Å². The first-order valence-corrected chi connectivity index (χ1v) is 4.02. The molecule has 0 aromatic heterocycles. The Hall–Kier alpha value is -1.31. The smallest absolute Gasteiger partial charge is 0.0540 e. The molecule has 0 heterocycles. The highest BCUT2D eigenvalue weighted by molar-refractivity contribution is 5.39. The number of nitrogens with zero attached hydrogens (tertiary/aromatic N) is 1. The zero-order valence-corrected chi connectivity index (χ0v) is 7.21. The SMILES string of the molecule is C=NC1=CC=C(CC)CC=C1[O-].